The topological polar surface area (TPSA) is 75.4 Å². The number of primary amides is 1. The van der Waals surface area contributed by atoms with Crippen LogP contribution in [0.2, 0.25) is 0 Å². The fourth-order valence-corrected chi connectivity index (χ4v) is 2.89. The van der Waals surface area contributed by atoms with Crippen LogP contribution >= 0.6 is 0 Å². The van der Waals surface area contributed by atoms with Gasteiger partial charge >= 0.3 is 12.1 Å². The smallest absolute Gasteiger partial charge is 0.369 e. The van der Waals surface area contributed by atoms with Crippen LogP contribution in [-0.4, -0.2) is 48.6 Å². The molecule has 2 amide bonds. The second-order valence-electron chi connectivity index (χ2n) is 5.73. The predicted molar refractivity (Wildman–Crippen MR) is 77.4 cm³/mol. The van der Waals surface area contributed by atoms with Crippen molar-refractivity contribution in [1.82, 2.24) is 10.2 Å². The van der Waals surface area contributed by atoms with Gasteiger partial charge in [0.2, 0.25) is 5.91 Å². The van der Waals surface area contributed by atoms with E-state index in [1.54, 1.807) is 4.90 Å². The molecule has 0 aliphatic carbocycles. The number of amides is 2. The first-order valence-corrected chi connectivity index (χ1v) is 7.30. The molecule has 0 radical (unpaired) electrons. The number of carbonyl (C=O) groups is 2. The molecule has 2 atom stereocenters. The van der Waals surface area contributed by atoms with Gasteiger partial charge in [-0.1, -0.05) is 12.1 Å². The number of nitrogens with one attached hydrogen (secondary N) is 1. The van der Waals surface area contributed by atoms with Crippen LogP contribution in [0.3, 0.4) is 0 Å². The summed E-state index contributed by atoms with van der Waals surface area (Å²) in [7, 11) is 0. The Hall–Kier alpha value is -2.16. The lowest BCUT2D eigenvalue weighted by molar-refractivity contribution is -0.174. The summed E-state index contributed by atoms with van der Waals surface area (Å²) in [6, 6.07) is 4.53. The summed E-state index contributed by atoms with van der Waals surface area (Å²) in [6.45, 7) is 0.380. The normalized spacial score (nSPS) is 22.2. The minimum absolute atomic E-state index is 0.0484. The number of hydrogen-bond donors (Lipinski definition) is 2. The summed E-state index contributed by atoms with van der Waals surface area (Å²) >= 11 is 0. The van der Waals surface area contributed by atoms with Crippen molar-refractivity contribution in [2.24, 2.45) is 5.73 Å². The van der Waals surface area contributed by atoms with Crippen molar-refractivity contribution in [2.75, 3.05) is 19.6 Å². The van der Waals surface area contributed by atoms with Gasteiger partial charge in [-0.15, -0.1) is 0 Å². The van der Waals surface area contributed by atoms with Gasteiger partial charge in [0.15, 0.2) is 0 Å². The standard InChI is InChI=1S/C15H17F4N3O2/c16-10-3-1-9(2-4-10)11-5-6-22(8-13(20)23)7-12(11)21-14(24)15(17,18)19/h1-4,11-12H,5-8H2,(H2,20,23)(H,21,24)/t11-,12-/m0/s1. The lowest BCUT2D eigenvalue weighted by atomic mass is 9.85. The van der Waals surface area contributed by atoms with Gasteiger partial charge in [-0.05, 0) is 30.7 Å². The Kier molecular flexibility index (Phi) is 5.43. The van der Waals surface area contributed by atoms with Crippen LogP contribution in [-0.2, 0) is 9.59 Å². The van der Waals surface area contributed by atoms with E-state index >= 15 is 0 Å². The number of benzene rings is 1. The third-order valence-corrected chi connectivity index (χ3v) is 3.95. The maximum absolute atomic E-state index is 13.0. The number of piperidine rings is 1. The summed E-state index contributed by atoms with van der Waals surface area (Å²) in [5.41, 5.74) is 5.74. The van der Waals surface area contributed by atoms with Gasteiger partial charge in [-0.2, -0.15) is 13.2 Å². The van der Waals surface area contributed by atoms with E-state index in [2.05, 4.69) is 0 Å². The molecule has 0 bridgehead atoms. The van der Waals surface area contributed by atoms with E-state index in [4.69, 9.17) is 5.73 Å². The van der Waals surface area contributed by atoms with Gasteiger partial charge in [0.25, 0.3) is 0 Å². The number of likely N-dealkylation sites (tertiary alicyclic amines) is 1. The minimum Gasteiger partial charge on any atom is -0.369 e. The second-order valence-corrected chi connectivity index (χ2v) is 5.73. The number of alkyl halides is 3. The van der Waals surface area contributed by atoms with Crippen molar-refractivity contribution in [3.05, 3.63) is 35.6 Å². The number of rotatable bonds is 4. The number of nitrogens with two attached hydrogens (primary N) is 1. The monoisotopic (exact) mass is 347 g/mol. The SMILES string of the molecule is NC(=O)CN1CC[C@@H](c2ccc(F)cc2)[C@@H](NC(=O)C(F)(F)F)C1. The summed E-state index contributed by atoms with van der Waals surface area (Å²) in [5, 5.41) is 1.97. The Morgan fingerprint density at radius 2 is 1.88 bits per heavy atom. The third kappa shape index (κ3) is 4.67. The number of halogens is 4. The first kappa shape index (κ1) is 18.2. The van der Waals surface area contributed by atoms with Crippen LogP contribution in [0, 0.1) is 5.82 Å². The van der Waals surface area contributed by atoms with Crippen LogP contribution in [0.1, 0.15) is 17.9 Å². The van der Waals surface area contributed by atoms with Crippen LogP contribution in [0.15, 0.2) is 24.3 Å². The van der Waals surface area contributed by atoms with E-state index in [1.807, 2.05) is 5.32 Å². The van der Waals surface area contributed by atoms with Gasteiger partial charge in [0.05, 0.1) is 6.54 Å². The molecule has 0 aromatic heterocycles. The van der Waals surface area contributed by atoms with Gasteiger partial charge in [0.1, 0.15) is 5.82 Å². The lowest BCUT2D eigenvalue weighted by Gasteiger charge is -2.38. The molecule has 3 N–H and O–H groups in total. The summed E-state index contributed by atoms with van der Waals surface area (Å²) in [5.74, 6) is -3.52. The zero-order chi connectivity index (χ0) is 17.9. The molecule has 5 nitrogen and oxygen atoms in total. The molecule has 0 unspecified atom stereocenters. The molecule has 1 aromatic carbocycles. The van der Waals surface area contributed by atoms with Crippen LogP contribution < -0.4 is 11.1 Å². The summed E-state index contributed by atoms with van der Waals surface area (Å²) in [6.07, 6.45) is -4.60. The largest absolute Gasteiger partial charge is 0.471 e. The lowest BCUT2D eigenvalue weighted by Crippen LogP contribution is -2.55. The fraction of sp³-hybridized carbons (Fsp3) is 0.467. The molecule has 2 rings (SSSR count). The first-order valence-electron chi connectivity index (χ1n) is 7.30. The van der Waals surface area contributed by atoms with Gasteiger partial charge in [-0.25, -0.2) is 4.39 Å². The molecule has 1 aliphatic rings. The van der Waals surface area contributed by atoms with Crippen molar-refractivity contribution in [3.63, 3.8) is 0 Å². The molecule has 1 aliphatic heterocycles. The molecule has 24 heavy (non-hydrogen) atoms. The quantitative estimate of drug-likeness (QED) is 0.803. The zero-order valence-corrected chi connectivity index (χ0v) is 12.6. The third-order valence-electron chi connectivity index (χ3n) is 3.95. The number of carbonyl (C=O) groups excluding carboxylic acids is 2. The number of hydrogen-bond acceptors (Lipinski definition) is 3. The van der Waals surface area contributed by atoms with E-state index in [-0.39, 0.29) is 13.1 Å². The van der Waals surface area contributed by atoms with Gasteiger partial charge in [-0.3, -0.25) is 14.5 Å². The molecule has 132 valence electrons. The average molecular weight is 347 g/mol. The van der Waals surface area contributed by atoms with E-state index < -0.39 is 35.8 Å². The second kappa shape index (κ2) is 7.16. The van der Waals surface area contributed by atoms with E-state index in [9.17, 15) is 27.2 Å². The Bertz CT molecular complexity index is 604. The van der Waals surface area contributed by atoms with Crippen LogP contribution in [0.5, 0.6) is 0 Å². The maximum atomic E-state index is 13.0. The van der Waals surface area contributed by atoms with Crippen molar-refractivity contribution in [2.45, 2.75) is 24.6 Å². The minimum atomic E-state index is -5.00. The van der Waals surface area contributed by atoms with Crippen molar-refractivity contribution in [1.29, 1.82) is 0 Å². The summed E-state index contributed by atoms with van der Waals surface area (Å²) < 4.78 is 50.7. The highest BCUT2D eigenvalue weighted by atomic mass is 19.4. The molecule has 1 fully saturated rings. The van der Waals surface area contributed by atoms with Crippen molar-refractivity contribution in [3.8, 4) is 0 Å². The average Bonchev–Trinajstić information content (AvgIpc) is 2.47. The Morgan fingerprint density at radius 1 is 1.25 bits per heavy atom. The molecule has 1 saturated heterocycles. The van der Waals surface area contributed by atoms with Crippen molar-refractivity contribution >= 4 is 11.8 Å². The number of nitrogens with zero attached hydrogens (tertiary/aromatic N) is 1. The van der Waals surface area contributed by atoms with E-state index in [1.165, 1.54) is 24.3 Å². The molecule has 1 aromatic rings. The molecule has 9 heteroatoms. The van der Waals surface area contributed by atoms with Crippen LogP contribution in [0.4, 0.5) is 17.6 Å². The van der Waals surface area contributed by atoms with Gasteiger partial charge in [0, 0.05) is 18.5 Å². The van der Waals surface area contributed by atoms with E-state index in [0.29, 0.717) is 18.5 Å². The highest BCUT2D eigenvalue weighted by Crippen LogP contribution is 2.29. The first-order chi connectivity index (χ1) is 11.2. The molecular formula is C15H17F4N3O2. The van der Waals surface area contributed by atoms with Crippen molar-refractivity contribution < 1.29 is 27.2 Å². The Morgan fingerprint density at radius 3 is 2.42 bits per heavy atom. The predicted octanol–water partition coefficient (Wildman–Crippen LogP) is 1.15. The molecular weight excluding hydrogens is 330 g/mol. The van der Waals surface area contributed by atoms with E-state index in [0.717, 1.165) is 0 Å². The van der Waals surface area contributed by atoms with Crippen LogP contribution in [0.25, 0.3) is 0 Å². The fourth-order valence-electron chi connectivity index (χ4n) is 2.89. The molecule has 1 heterocycles. The molecule has 0 saturated carbocycles. The molecule has 0 spiro atoms. The van der Waals surface area contributed by atoms with Gasteiger partial charge < -0.3 is 11.1 Å². The summed E-state index contributed by atoms with van der Waals surface area (Å²) in [4.78, 5) is 23.9. The Balaban J connectivity index is 2.19. The highest BCUT2D eigenvalue weighted by Gasteiger charge is 2.42. The Labute approximate surface area is 135 Å². The maximum Gasteiger partial charge on any atom is 0.471 e. The highest BCUT2D eigenvalue weighted by molar-refractivity contribution is 5.82. The zero-order valence-electron chi connectivity index (χ0n) is 12.6.